The predicted molar refractivity (Wildman–Crippen MR) is 156 cm³/mol. The van der Waals surface area contributed by atoms with E-state index in [0.29, 0.717) is 29.1 Å². The number of hydrogen-bond acceptors (Lipinski definition) is 8. The van der Waals surface area contributed by atoms with E-state index in [2.05, 4.69) is 22.4 Å². The first-order chi connectivity index (χ1) is 20.3. The monoisotopic (exact) mass is 618 g/mol. The number of nitrogens with zero attached hydrogens (tertiary/aromatic N) is 3. The second-order valence-corrected chi connectivity index (χ2v) is 13.8. The van der Waals surface area contributed by atoms with Gasteiger partial charge in [0.15, 0.2) is 5.01 Å². The number of aromatic nitrogens is 3. The van der Waals surface area contributed by atoms with Gasteiger partial charge in [-0.15, -0.1) is 11.3 Å². The van der Waals surface area contributed by atoms with E-state index in [1.54, 1.807) is 26.0 Å². The lowest BCUT2D eigenvalue weighted by atomic mass is 9.85. The van der Waals surface area contributed by atoms with Crippen molar-refractivity contribution in [1.82, 2.24) is 20.4 Å². The Morgan fingerprint density at radius 3 is 2.56 bits per heavy atom. The molecule has 1 amide bonds. The van der Waals surface area contributed by atoms with E-state index in [4.69, 9.17) is 14.2 Å². The summed E-state index contributed by atoms with van der Waals surface area (Å²) in [6, 6.07) is 3.44. The Hall–Kier alpha value is -3.28. The quantitative estimate of drug-likeness (QED) is 0.226. The molecule has 1 atom stereocenters. The van der Waals surface area contributed by atoms with Gasteiger partial charge in [-0.25, -0.2) is 4.98 Å². The second kappa shape index (κ2) is 12.0. The number of alkyl halides is 3. The molecule has 2 saturated carbocycles. The normalized spacial score (nSPS) is 17.8. The zero-order valence-corrected chi connectivity index (χ0v) is 25.7. The maximum absolute atomic E-state index is 13.3. The Labute approximate surface area is 252 Å². The fraction of sp³-hybridized carbons (Fsp3) is 0.581. The third kappa shape index (κ3) is 7.45. The Bertz CT molecular complexity index is 1470. The van der Waals surface area contributed by atoms with Crippen LogP contribution in [-0.2, 0) is 27.8 Å². The molecule has 0 unspecified atom stereocenters. The van der Waals surface area contributed by atoms with E-state index in [0.717, 1.165) is 60.7 Å². The van der Waals surface area contributed by atoms with Crippen LogP contribution < -0.4 is 5.32 Å². The summed E-state index contributed by atoms with van der Waals surface area (Å²) in [5.74, 6) is 0.303. The fourth-order valence-corrected chi connectivity index (χ4v) is 6.51. The topological polar surface area (TPSA) is 107 Å². The maximum atomic E-state index is 13.3. The van der Waals surface area contributed by atoms with Crippen LogP contribution in [0.1, 0.15) is 100 Å². The first-order valence-corrected chi connectivity index (χ1v) is 15.6. The fourth-order valence-electron chi connectivity index (χ4n) is 5.50. The van der Waals surface area contributed by atoms with E-state index >= 15 is 0 Å². The molecule has 8 nitrogen and oxygen atoms in total. The zero-order valence-electron chi connectivity index (χ0n) is 24.8. The molecule has 3 aromatic rings. The second-order valence-electron chi connectivity index (χ2n) is 12.8. The smallest absolute Gasteiger partial charge is 0.408 e. The molecule has 0 saturated heterocycles. The minimum Gasteiger partial charge on any atom is -0.461 e. The molecule has 2 aliphatic carbocycles. The van der Waals surface area contributed by atoms with Crippen molar-refractivity contribution < 1.29 is 32.0 Å². The Morgan fingerprint density at radius 1 is 1.19 bits per heavy atom. The summed E-state index contributed by atoms with van der Waals surface area (Å²) in [7, 11) is 0. The van der Waals surface area contributed by atoms with Gasteiger partial charge in [-0.3, -0.25) is 9.59 Å². The summed E-state index contributed by atoms with van der Waals surface area (Å²) in [6.45, 7) is 6.91. The molecule has 0 bridgehead atoms. The minimum atomic E-state index is -4.55. The highest BCUT2D eigenvalue weighted by molar-refractivity contribution is 7.18. The lowest BCUT2D eigenvalue weighted by molar-refractivity contribution is -0.149. The Morgan fingerprint density at radius 2 is 1.91 bits per heavy atom. The van der Waals surface area contributed by atoms with Gasteiger partial charge in [-0.1, -0.05) is 44.2 Å². The van der Waals surface area contributed by atoms with Gasteiger partial charge in [0.1, 0.15) is 11.6 Å². The summed E-state index contributed by atoms with van der Waals surface area (Å²) in [4.78, 5) is 34.3. The van der Waals surface area contributed by atoms with Crippen LogP contribution in [0.25, 0.3) is 21.3 Å². The molecule has 1 aromatic carbocycles. The van der Waals surface area contributed by atoms with Crippen molar-refractivity contribution >= 4 is 23.7 Å². The van der Waals surface area contributed by atoms with Gasteiger partial charge >= 0.3 is 6.18 Å². The number of benzene rings is 1. The van der Waals surface area contributed by atoms with Gasteiger partial charge in [0, 0.05) is 5.56 Å². The summed E-state index contributed by atoms with van der Waals surface area (Å²) < 4.78 is 50.3. The first kappa shape index (κ1) is 31.2. The number of amides is 1. The van der Waals surface area contributed by atoms with Crippen LogP contribution in [0.3, 0.4) is 0 Å². The zero-order chi connectivity index (χ0) is 31.0. The number of hydrogen-bond donors (Lipinski definition) is 1. The number of thiazole rings is 1. The van der Waals surface area contributed by atoms with E-state index in [1.165, 1.54) is 30.6 Å². The largest absolute Gasteiger partial charge is 0.461 e. The van der Waals surface area contributed by atoms with E-state index in [9.17, 15) is 22.8 Å². The van der Waals surface area contributed by atoms with E-state index < -0.39 is 23.7 Å². The summed E-state index contributed by atoms with van der Waals surface area (Å²) >= 11 is 1.38. The number of rotatable bonds is 11. The Kier molecular flexibility index (Phi) is 8.70. The molecule has 2 fully saturated rings. The summed E-state index contributed by atoms with van der Waals surface area (Å²) in [5.41, 5.74) is 1.76. The van der Waals surface area contributed by atoms with Crippen LogP contribution in [0, 0.1) is 5.92 Å². The van der Waals surface area contributed by atoms with Crippen LogP contribution in [0.2, 0.25) is 0 Å². The molecule has 0 radical (unpaired) electrons. The Balaban J connectivity index is 1.53. The molecule has 12 heteroatoms. The standard InChI is InChI=1S/C31H37F3N4O4S/c1-18(31(32,33)34)35-27(40)21-13-20(14-22(15-21)30(4)10-11-30)25-23(12-19-8-6-5-7-9-19)36-28(43-25)26-37-24(42-38-26)16-29(2,3)41-17-39/h13-15,17-19H,5-12,16H2,1-4H3,(H,35,40)/t18-/m0/s1. The molecule has 2 aromatic heterocycles. The minimum absolute atomic E-state index is 0.128. The number of carbonyl (C=O) groups is 2. The molecule has 1 N–H and O–H groups in total. The lowest BCUT2D eigenvalue weighted by Gasteiger charge is -2.21. The van der Waals surface area contributed by atoms with Crippen LogP contribution in [-0.4, -0.2) is 45.3 Å². The summed E-state index contributed by atoms with van der Waals surface area (Å²) in [5, 5.41) is 6.80. The van der Waals surface area contributed by atoms with E-state index in [1.807, 2.05) is 6.07 Å². The number of halogens is 3. The SMILES string of the molecule is C[C@H](NC(=O)c1cc(-c2sc(-c3noc(CC(C)(C)OC=O)n3)nc2CC2CCCCC2)cc(C2(C)CC2)c1)C(F)(F)F. The predicted octanol–water partition coefficient (Wildman–Crippen LogP) is 7.21. The molecule has 5 rings (SSSR count). The van der Waals surface area contributed by atoms with Gasteiger partial charge in [-0.05, 0) is 80.7 Å². The highest BCUT2D eigenvalue weighted by Gasteiger charge is 2.41. The third-order valence-electron chi connectivity index (χ3n) is 8.50. The van der Waals surface area contributed by atoms with Gasteiger partial charge in [0.2, 0.25) is 11.7 Å². The molecule has 0 aliphatic heterocycles. The van der Waals surface area contributed by atoms with Gasteiger partial charge in [0.05, 0.1) is 17.0 Å². The van der Waals surface area contributed by atoms with Crippen molar-refractivity contribution in [3.8, 4) is 21.3 Å². The highest BCUT2D eigenvalue weighted by Crippen LogP contribution is 2.49. The van der Waals surface area contributed by atoms with E-state index in [-0.39, 0.29) is 17.4 Å². The van der Waals surface area contributed by atoms with Gasteiger partial charge in [0.25, 0.3) is 12.4 Å². The van der Waals surface area contributed by atoms with Crippen molar-refractivity contribution in [3.05, 3.63) is 40.9 Å². The van der Waals surface area contributed by atoms with Gasteiger partial charge < -0.3 is 14.6 Å². The van der Waals surface area contributed by atoms with Crippen molar-refractivity contribution in [2.24, 2.45) is 5.92 Å². The van der Waals surface area contributed by atoms with Crippen LogP contribution in [0.5, 0.6) is 0 Å². The number of nitrogens with one attached hydrogen (secondary N) is 1. The molecule has 2 aliphatic rings. The van der Waals surface area contributed by atoms with Crippen molar-refractivity contribution in [1.29, 1.82) is 0 Å². The highest BCUT2D eigenvalue weighted by atomic mass is 32.1. The average molecular weight is 619 g/mol. The molecular weight excluding hydrogens is 581 g/mol. The number of ether oxygens (including phenoxy) is 1. The van der Waals surface area contributed by atoms with Crippen molar-refractivity contribution in [3.63, 3.8) is 0 Å². The molecule has 43 heavy (non-hydrogen) atoms. The van der Waals surface area contributed by atoms with Gasteiger partial charge in [-0.2, -0.15) is 18.2 Å². The lowest BCUT2D eigenvalue weighted by Crippen LogP contribution is -2.43. The molecular formula is C31H37F3N4O4S. The maximum Gasteiger partial charge on any atom is 0.408 e. The third-order valence-corrected chi connectivity index (χ3v) is 9.64. The van der Waals surface area contributed by atoms with Crippen molar-refractivity contribution in [2.75, 3.05) is 0 Å². The van der Waals surface area contributed by atoms with Crippen LogP contribution in [0.15, 0.2) is 22.7 Å². The number of carbonyl (C=O) groups excluding carboxylic acids is 2. The molecule has 0 spiro atoms. The van der Waals surface area contributed by atoms with Crippen LogP contribution >= 0.6 is 11.3 Å². The summed E-state index contributed by atoms with van der Waals surface area (Å²) in [6.07, 6.45) is 4.06. The molecule has 2 heterocycles. The van der Waals surface area contributed by atoms with Crippen molar-refractivity contribution in [2.45, 2.75) is 109 Å². The molecule has 232 valence electrons. The van der Waals surface area contributed by atoms with Crippen LogP contribution in [0.4, 0.5) is 13.2 Å². The first-order valence-electron chi connectivity index (χ1n) is 14.7. The average Bonchev–Trinajstić information content (AvgIpc) is 3.33.